The molecule has 0 radical (unpaired) electrons. The Labute approximate surface area is 86.6 Å². The Morgan fingerprint density at radius 3 is 2.21 bits per heavy atom. The maximum Gasteiger partial charge on any atom is 0.339 e. The van der Waals surface area contributed by atoms with Crippen molar-refractivity contribution in [1.29, 1.82) is 0 Å². The molecule has 0 aliphatic heterocycles. The molecule has 0 aromatic rings. The first kappa shape index (κ1) is 15.2. The molecular weight excluding hydrogens is 178 g/mol. The molecule has 0 amide bonds. The van der Waals surface area contributed by atoms with Crippen molar-refractivity contribution in [2.45, 2.75) is 34.1 Å². The van der Waals surface area contributed by atoms with Gasteiger partial charge in [0.25, 0.3) is 0 Å². The highest BCUT2D eigenvalue weighted by atomic mass is 16.5. The Morgan fingerprint density at radius 2 is 1.93 bits per heavy atom. The van der Waals surface area contributed by atoms with Crippen molar-refractivity contribution in [2.24, 2.45) is 5.73 Å². The second-order valence-corrected chi connectivity index (χ2v) is 2.26. The molecule has 2 N–H and O–H groups in total. The molecule has 14 heavy (non-hydrogen) atoms. The molecule has 0 atom stereocenters. The summed E-state index contributed by atoms with van der Waals surface area (Å²) in [4.78, 5) is 11.0. The molecule has 3 heteroatoms. The van der Waals surface area contributed by atoms with Gasteiger partial charge in [-0.2, -0.15) is 0 Å². The van der Waals surface area contributed by atoms with Gasteiger partial charge in [-0.05, 0) is 13.3 Å². The van der Waals surface area contributed by atoms with Crippen LogP contribution in [0.15, 0.2) is 23.4 Å². The lowest BCUT2D eigenvalue weighted by Crippen LogP contribution is -2.12. The fourth-order valence-electron chi connectivity index (χ4n) is 0.842. The maximum absolute atomic E-state index is 11.0. The molecule has 0 bridgehead atoms. The summed E-state index contributed by atoms with van der Waals surface area (Å²) >= 11 is 0. The minimum absolute atomic E-state index is 0.389. The largest absolute Gasteiger partial charge is 0.465 e. The Balaban J connectivity index is 0. The summed E-state index contributed by atoms with van der Waals surface area (Å²) in [6, 6.07) is 0. The molecule has 0 spiro atoms. The van der Waals surface area contributed by atoms with E-state index >= 15 is 0 Å². The predicted molar refractivity (Wildman–Crippen MR) is 59.7 cm³/mol. The minimum atomic E-state index is -0.389. The molecule has 0 aromatic heterocycles. The number of carbonyl (C=O) groups excluding carboxylic acids is 1. The average Bonchev–Trinajstić information content (AvgIpc) is 2.22. The van der Waals surface area contributed by atoms with Gasteiger partial charge in [-0.1, -0.05) is 32.9 Å². The number of hydrogen-bond acceptors (Lipinski definition) is 3. The molecule has 0 aliphatic carbocycles. The first-order valence-electron chi connectivity index (χ1n) is 4.88. The van der Waals surface area contributed by atoms with Gasteiger partial charge in [0, 0.05) is 5.70 Å². The topological polar surface area (TPSA) is 52.3 Å². The van der Waals surface area contributed by atoms with Gasteiger partial charge in [-0.25, -0.2) is 4.79 Å². The zero-order chi connectivity index (χ0) is 11.6. The van der Waals surface area contributed by atoms with E-state index in [0.29, 0.717) is 11.3 Å². The van der Waals surface area contributed by atoms with Crippen molar-refractivity contribution in [3.8, 4) is 0 Å². The molecule has 0 saturated heterocycles. The van der Waals surface area contributed by atoms with Crippen molar-refractivity contribution in [1.82, 2.24) is 0 Å². The summed E-state index contributed by atoms with van der Waals surface area (Å²) in [6.45, 7) is 7.71. The summed E-state index contributed by atoms with van der Waals surface area (Å²) in [6.07, 6.45) is 4.24. The molecule has 0 saturated carbocycles. The van der Waals surface area contributed by atoms with Gasteiger partial charge in [-0.15, -0.1) is 0 Å². The number of esters is 1. The van der Waals surface area contributed by atoms with E-state index < -0.39 is 0 Å². The van der Waals surface area contributed by atoms with Gasteiger partial charge < -0.3 is 10.5 Å². The van der Waals surface area contributed by atoms with Crippen LogP contribution in [-0.4, -0.2) is 13.1 Å². The van der Waals surface area contributed by atoms with E-state index in [2.05, 4.69) is 4.74 Å². The quantitative estimate of drug-likeness (QED) is 0.431. The zero-order valence-electron chi connectivity index (χ0n) is 9.76. The summed E-state index contributed by atoms with van der Waals surface area (Å²) in [7, 11) is 1.34. The van der Waals surface area contributed by atoms with E-state index in [1.54, 1.807) is 19.1 Å². The summed E-state index contributed by atoms with van der Waals surface area (Å²) < 4.78 is 4.54. The third-order valence-electron chi connectivity index (χ3n) is 1.43. The molecule has 0 rings (SSSR count). The van der Waals surface area contributed by atoms with Crippen molar-refractivity contribution in [3.63, 3.8) is 0 Å². The summed E-state index contributed by atoms with van der Waals surface area (Å²) in [5.74, 6) is -0.389. The van der Waals surface area contributed by atoms with Crippen LogP contribution in [0, 0.1) is 0 Å². The third kappa shape index (κ3) is 5.41. The Morgan fingerprint density at radius 1 is 1.43 bits per heavy atom. The molecule has 3 nitrogen and oxygen atoms in total. The smallest absolute Gasteiger partial charge is 0.339 e. The van der Waals surface area contributed by atoms with Crippen LogP contribution < -0.4 is 5.73 Å². The second kappa shape index (κ2) is 9.84. The average molecular weight is 199 g/mol. The fraction of sp³-hybridized carbons (Fsp3) is 0.545. The predicted octanol–water partition coefficient (Wildman–Crippen LogP) is 2.38. The number of carbonyl (C=O) groups is 1. The van der Waals surface area contributed by atoms with Gasteiger partial charge in [0.15, 0.2) is 0 Å². The van der Waals surface area contributed by atoms with Crippen molar-refractivity contribution in [3.05, 3.63) is 23.4 Å². The van der Waals surface area contributed by atoms with E-state index in [-0.39, 0.29) is 5.97 Å². The lowest BCUT2D eigenvalue weighted by molar-refractivity contribution is -0.135. The van der Waals surface area contributed by atoms with E-state index in [0.717, 1.165) is 6.42 Å². The Bertz CT molecular complexity index is 217. The molecule has 82 valence electrons. The van der Waals surface area contributed by atoms with Crippen molar-refractivity contribution < 1.29 is 9.53 Å². The van der Waals surface area contributed by atoms with Gasteiger partial charge in [-0.3, -0.25) is 0 Å². The monoisotopic (exact) mass is 199 g/mol. The van der Waals surface area contributed by atoms with Crippen LogP contribution in [0.4, 0.5) is 0 Å². The highest BCUT2D eigenvalue weighted by Crippen LogP contribution is 2.06. The Hall–Kier alpha value is -1.25. The fourth-order valence-corrected chi connectivity index (χ4v) is 0.842. The Kier molecular flexibility index (Phi) is 10.7. The van der Waals surface area contributed by atoms with Crippen LogP contribution in [0.2, 0.25) is 0 Å². The lowest BCUT2D eigenvalue weighted by atomic mass is 10.1. The standard InChI is InChI=1S/C9H15NO2.C2H6/c1-4-6-8(10)7(5-2)9(11)12-3;1-2/h5-6H,4,10H2,1-3H3;1-2H3/b7-5+,8-6+;. The highest BCUT2D eigenvalue weighted by molar-refractivity contribution is 5.92. The van der Waals surface area contributed by atoms with Crippen LogP contribution in [0.1, 0.15) is 34.1 Å². The molecule has 0 heterocycles. The lowest BCUT2D eigenvalue weighted by Gasteiger charge is -2.03. The zero-order valence-corrected chi connectivity index (χ0v) is 9.76. The van der Waals surface area contributed by atoms with E-state index in [1.165, 1.54) is 7.11 Å². The van der Waals surface area contributed by atoms with E-state index in [9.17, 15) is 4.79 Å². The number of ether oxygens (including phenoxy) is 1. The first-order chi connectivity index (χ1) is 6.67. The molecular formula is C11H21NO2. The number of nitrogens with two attached hydrogens (primary N) is 1. The molecule has 0 fully saturated rings. The maximum atomic E-state index is 11.0. The normalized spacial score (nSPS) is 11.5. The van der Waals surface area contributed by atoms with Gasteiger partial charge in [0.1, 0.15) is 0 Å². The van der Waals surface area contributed by atoms with E-state index in [4.69, 9.17) is 5.73 Å². The van der Waals surface area contributed by atoms with Crippen molar-refractivity contribution >= 4 is 5.97 Å². The minimum Gasteiger partial charge on any atom is -0.465 e. The number of hydrogen-bond donors (Lipinski definition) is 1. The van der Waals surface area contributed by atoms with Gasteiger partial charge in [0.05, 0.1) is 12.7 Å². The number of rotatable bonds is 3. The van der Waals surface area contributed by atoms with Crippen LogP contribution in [0.3, 0.4) is 0 Å². The van der Waals surface area contributed by atoms with Crippen LogP contribution >= 0.6 is 0 Å². The summed E-state index contributed by atoms with van der Waals surface area (Å²) in [5, 5.41) is 0. The van der Waals surface area contributed by atoms with Crippen LogP contribution in [0.5, 0.6) is 0 Å². The first-order valence-corrected chi connectivity index (χ1v) is 4.88. The van der Waals surface area contributed by atoms with Crippen molar-refractivity contribution in [2.75, 3.05) is 7.11 Å². The van der Waals surface area contributed by atoms with Gasteiger partial charge in [0.2, 0.25) is 0 Å². The number of methoxy groups -OCH3 is 1. The highest BCUT2D eigenvalue weighted by Gasteiger charge is 2.09. The SMILES string of the molecule is C/C=C(C(=O)OC)\C(N)=C/CC.CC. The third-order valence-corrected chi connectivity index (χ3v) is 1.43. The van der Waals surface area contributed by atoms with Crippen LogP contribution in [-0.2, 0) is 9.53 Å². The molecule has 0 aliphatic rings. The molecule has 0 aromatic carbocycles. The number of allylic oxidation sites excluding steroid dienone is 2. The molecule has 0 unspecified atom stereocenters. The van der Waals surface area contributed by atoms with Crippen LogP contribution in [0.25, 0.3) is 0 Å². The van der Waals surface area contributed by atoms with E-state index in [1.807, 2.05) is 20.8 Å². The van der Waals surface area contributed by atoms with Gasteiger partial charge >= 0.3 is 5.97 Å². The summed E-state index contributed by atoms with van der Waals surface area (Å²) in [5.41, 5.74) is 6.52. The second-order valence-electron chi connectivity index (χ2n) is 2.26.